The molecule has 0 aliphatic carbocycles. The van der Waals surface area contributed by atoms with Gasteiger partial charge in [0, 0.05) is 0 Å². The number of esters is 1. The second kappa shape index (κ2) is 3.01. The summed E-state index contributed by atoms with van der Waals surface area (Å²) in [7, 11) is 0. The molecular weight excluding hydrogens is 168 g/mol. The lowest BCUT2D eigenvalue weighted by Gasteiger charge is -2.06. The van der Waals surface area contributed by atoms with Gasteiger partial charge < -0.3 is 4.74 Å². The minimum absolute atomic E-state index is 0.169. The summed E-state index contributed by atoms with van der Waals surface area (Å²) in [5, 5.41) is 0. The van der Waals surface area contributed by atoms with E-state index in [0.29, 0.717) is 0 Å². The summed E-state index contributed by atoms with van der Waals surface area (Å²) >= 11 is 0. The molecule has 1 atom stereocenters. The monoisotopic (exact) mass is 176 g/mol. The van der Waals surface area contributed by atoms with Crippen molar-refractivity contribution in [3.63, 3.8) is 0 Å². The van der Waals surface area contributed by atoms with Crippen molar-refractivity contribution in [3.05, 3.63) is 35.9 Å². The molecule has 0 bridgehead atoms. The summed E-state index contributed by atoms with van der Waals surface area (Å²) in [6.07, 6.45) is -0.204. The van der Waals surface area contributed by atoms with E-state index in [-0.39, 0.29) is 12.5 Å². The van der Waals surface area contributed by atoms with Gasteiger partial charge in [-0.3, -0.25) is 4.79 Å². The van der Waals surface area contributed by atoms with Gasteiger partial charge >= 0.3 is 5.97 Å². The smallest absolute Gasteiger partial charge is 0.375 e. The molecule has 1 aliphatic heterocycles. The van der Waals surface area contributed by atoms with Crippen molar-refractivity contribution in [2.75, 3.05) is 0 Å². The SMILES string of the molecule is O=C1C[C@@H](c2ccccc2)OC1=O. The molecule has 0 amide bonds. The van der Waals surface area contributed by atoms with Crippen LogP contribution in [0.4, 0.5) is 0 Å². The number of carbonyl (C=O) groups is 2. The van der Waals surface area contributed by atoms with Gasteiger partial charge in [0.2, 0.25) is 5.78 Å². The van der Waals surface area contributed by atoms with E-state index in [1.807, 2.05) is 30.3 Å². The molecule has 1 aliphatic rings. The lowest BCUT2D eigenvalue weighted by molar-refractivity contribution is -0.149. The molecule has 2 rings (SSSR count). The van der Waals surface area contributed by atoms with Gasteiger partial charge in [-0.25, -0.2) is 4.79 Å². The maximum atomic E-state index is 10.9. The molecule has 0 unspecified atom stereocenters. The number of hydrogen-bond acceptors (Lipinski definition) is 3. The fourth-order valence-corrected chi connectivity index (χ4v) is 1.34. The standard InChI is InChI=1S/C10H8O3/c11-8-6-9(13-10(8)12)7-4-2-1-3-5-7/h1-5,9H,6H2/t9-/m0/s1. The van der Waals surface area contributed by atoms with E-state index >= 15 is 0 Å². The molecule has 3 nitrogen and oxygen atoms in total. The Bertz CT molecular complexity index is 326. The van der Waals surface area contributed by atoms with Gasteiger partial charge in [0.15, 0.2) is 0 Å². The molecule has 0 spiro atoms. The van der Waals surface area contributed by atoms with Crippen LogP contribution in [-0.4, -0.2) is 11.8 Å². The van der Waals surface area contributed by atoms with Crippen LogP contribution in [0.2, 0.25) is 0 Å². The van der Waals surface area contributed by atoms with E-state index in [1.54, 1.807) is 0 Å². The van der Waals surface area contributed by atoms with Crippen LogP contribution in [0.1, 0.15) is 18.1 Å². The average Bonchev–Trinajstić information content (AvgIpc) is 2.49. The summed E-state index contributed by atoms with van der Waals surface area (Å²) in [5.74, 6) is -1.15. The largest absolute Gasteiger partial charge is 0.451 e. The highest BCUT2D eigenvalue weighted by Crippen LogP contribution is 2.26. The van der Waals surface area contributed by atoms with Gasteiger partial charge in [-0.05, 0) is 5.56 Å². The van der Waals surface area contributed by atoms with Crippen LogP contribution in [0.25, 0.3) is 0 Å². The highest BCUT2D eigenvalue weighted by atomic mass is 16.6. The molecule has 1 aromatic carbocycles. The molecule has 0 radical (unpaired) electrons. The number of benzene rings is 1. The van der Waals surface area contributed by atoms with Crippen molar-refractivity contribution in [2.45, 2.75) is 12.5 Å². The normalized spacial score (nSPS) is 21.7. The predicted octanol–water partition coefficient (Wildman–Crippen LogP) is 1.24. The molecular formula is C10H8O3. The molecule has 13 heavy (non-hydrogen) atoms. The van der Waals surface area contributed by atoms with Crippen molar-refractivity contribution in [3.8, 4) is 0 Å². The Kier molecular flexibility index (Phi) is 1.85. The maximum Gasteiger partial charge on any atom is 0.375 e. The number of ketones is 1. The van der Waals surface area contributed by atoms with Gasteiger partial charge in [0.05, 0.1) is 6.42 Å². The molecule has 1 fully saturated rings. The second-order valence-electron chi connectivity index (χ2n) is 2.93. The Morgan fingerprint density at radius 2 is 1.85 bits per heavy atom. The van der Waals surface area contributed by atoms with Crippen LogP contribution < -0.4 is 0 Å². The Morgan fingerprint density at radius 1 is 1.15 bits per heavy atom. The molecule has 66 valence electrons. The Morgan fingerprint density at radius 3 is 2.38 bits per heavy atom. The van der Waals surface area contributed by atoms with Crippen molar-refractivity contribution in [1.29, 1.82) is 0 Å². The third kappa shape index (κ3) is 1.45. The number of carbonyl (C=O) groups excluding carboxylic acids is 2. The zero-order valence-corrected chi connectivity index (χ0v) is 6.90. The number of ether oxygens (including phenoxy) is 1. The van der Waals surface area contributed by atoms with Crippen LogP contribution in [0, 0.1) is 0 Å². The van der Waals surface area contributed by atoms with Gasteiger partial charge in [-0.15, -0.1) is 0 Å². The van der Waals surface area contributed by atoms with Gasteiger partial charge in [0.1, 0.15) is 6.10 Å². The van der Waals surface area contributed by atoms with E-state index in [1.165, 1.54) is 0 Å². The van der Waals surface area contributed by atoms with E-state index in [9.17, 15) is 9.59 Å². The molecule has 0 aromatic heterocycles. The van der Waals surface area contributed by atoms with Crippen molar-refractivity contribution < 1.29 is 14.3 Å². The highest BCUT2D eigenvalue weighted by Gasteiger charge is 2.32. The summed E-state index contributed by atoms with van der Waals surface area (Å²) in [4.78, 5) is 21.7. The first-order valence-corrected chi connectivity index (χ1v) is 4.06. The van der Waals surface area contributed by atoms with Crippen LogP contribution in [-0.2, 0) is 14.3 Å². The van der Waals surface area contributed by atoms with Gasteiger partial charge in [-0.2, -0.15) is 0 Å². The van der Waals surface area contributed by atoms with E-state index in [4.69, 9.17) is 4.74 Å². The summed E-state index contributed by atoms with van der Waals surface area (Å²) in [6, 6.07) is 9.27. The minimum Gasteiger partial charge on any atom is -0.451 e. The van der Waals surface area contributed by atoms with Crippen LogP contribution >= 0.6 is 0 Å². The fourth-order valence-electron chi connectivity index (χ4n) is 1.34. The molecule has 0 saturated carbocycles. The lowest BCUT2D eigenvalue weighted by atomic mass is 10.1. The number of rotatable bonds is 1. The third-order valence-electron chi connectivity index (χ3n) is 2.02. The lowest BCUT2D eigenvalue weighted by Crippen LogP contribution is -2.03. The van der Waals surface area contributed by atoms with Crippen molar-refractivity contribution in [2.24, 2.45) is 0 Å². The Labute approximate surface area is 75.3 Å². The quantitative estimate of drug-likeness (QED) is 0.477. The van der Waals surface area contributed by atoms with E-state index < -0.39 is 11.8 Å². The zero-order valence-electron chi connectivity index (χ0n) is 6.90. The van der Waals surface area contributed by atoms with Gasteiger partial charge in [-0.1, -0.05) is 30.3 Å². The van der Waals surface area contributed by atoms with Crippen molar-refractivity contribution in [1.82, 2.24) is 0 Å². The summed E-state index contributed by atoms with van der Waals surface area (Å²) in [5.41, 5.74) is 0.877. The fraction of sp³-hybridized carbons (Fsp3) is 0.200. The second-order valence-corrected chi connectivity index (χ2v) is 2.93. The summed E-state index contributed by atoms with van der Waals surface area (Å²) < 4.78 is 4.87. The first-order chi connectivity index (χ1) is 6.27. The number of hydrogen-bond donors (Lipinski definition) is 0. The van der Waals surface area contributed by atoms with Crippen LogP contribution in [0.5, 0.6) is 0 Å². The average molecular weight is 176 g/mol. The van der Waals surface area contributed by atoms with E-state index in [0.717, 1.165) is 5.56 Å². The molecule has 0 N–H and O–H groups in total. The van der Waals surface area contributed by atoms with Crippen LogP contribution in [0.3, 0.4) is 0 Å². The molecule has 1 saturated heterocycles. The molecule has 1 aromatic rings. The van der Waals surface area contributed by atoms with Crippen LogP contribution in [0.15, 0.2) is 30.3 Å². The Balaban J connectivity index is 2.21. The maximum absolute atomic E-state index is 10.9. The Hall–Kier alpha value is -1.64. The zero-order chi connectivity index (χ0) is 9.26. The first-order valence-electron chi connectivity index (χ1n) is 4.06. The summed E-state index contributed by atoms with van der Waals surface area (Å²) in [6.45, 7) is 0. The van der Waals surface area contributed by atoms with Crippen molar-refractivity contribution >= 4 is 11.8 Å². The minimum atomic E-state index is -0.714. The molecule has 1 heterocycles. The first kappa shape index (κ1) is 7.98. The molecule has 3 heteroatoms. The third-order valence-corrected chi connectivity index (χ3v) is 2.02. The van der Waals surface area contributed by atoms with Gasteiger partial charge in [0.25, 0.3) is 0 Å². The highest BCUT2D eigenvalue weighted by molar-refractivity contribution is 6.35. The number of Topliss-reactive ketones (excluding diaryl/α,β-unsaturated/α-hetero) is 1. The topological polar surface area (TPSA) is 43.4 Å². The number of cyclic esters (lactones) is 1. The van der Waals surface area contributed by atoms with E-state index in [2.05, 4.69) is 0 Å². The predicted molar refractivity (Wildman–Crippen MR) is 44.9 cm³/mol.